The summed E-state index contributed by atoms with van der Waals surface area (Å²) in [6, 6.07) is 8.44. The minimum atomic E-state index is -2.00. The van der Waals surface area contributed by atoms with Gasteiger partial charge >= 0.3 is 13.3 Å². The Morgan fingerprint density at radius 2 is 2.05 bits per heavy atom. The summed E-state index contributed by atoms with van der Waals surface area (Å²) in [7, 11) is -2.00. The quantitative estimate of drug-likeness (QED) is 0.612. The first kappa shape index (κ1) is 14.1. The van der Waals surface area contributed by atoms with Crippen molar-refractivity contribution in [1.29, 1.82) is 0 Å². The van der Waals surface area contributed by atoms with Crippen molar-refractivity contribution in [1.82, 2.24) is 5.16 Å². The fourth-order valence-electron chi connectivity index (χ4n) is 1.55. The summed E-state index contributed by atoms with van der Waals surface area (Å²) in [6.45, 7) is 1.33. The zero-order chi connectivity index (χ0) is 14.5. The van der Waals surface area contributed by atoms with Gasteiger partial charge in [-0.15, -0.1) is 0 Å². The van der Waals surface area contributed by atoms with Crippen LogP contribution in [0.15, 0.2) is 34.9 Å². The summed E-state index contributed by atoms with van der Waals surface area (Å²) in [5.74, 6) is -0.393. The van der Waals surface area contributed by atoms with E-state index in [-0.39, 0.29) is 18.1 Å². The maximum Gasteiger partial charge on any atom is 0.707 e. The number of hydrogen-bond donors (Lipinski definition) is 2. The van der Waals surface area contributed by atoms with E-state index in [1.807, 2.05) is 0 Å². The predicted molar refractivity (Wildman–Crippen MR) is 67.6 cm³/mol. The van der Waals surface area contributed by atoms with Gasteiger partial charge in [0.1, 0.15) is 5.69 Å². The number of aryl methyl sites for hydroxylation is 1. The van der Waals surface area contributed by atoms with Gasteiger partial charge in [-0.2, -0.15) is 0 Å². The average Bonchev–Trinajstić information content (AvgIpc) is 2.78. The highest BCUT2D eigenvalue weighted by molar-refractivity contribution is 6.33. The number of hydrogen-bond acceptors (Lipinski definition) is 7. The van der Waals surface area contributed by atoms with E-state index in [2.05, 4.69) is 5.16 Å². The summed E-state index contributed by atoms with van der Waals surface area (Å²) in [5.41, 5.74) is 0.720. The van der Waals surface area contributed by atoms with E-state index >= 15 is 0 Å². The zero-order valence-electron chi connectivity index (χ0n) is 10.6. The molecule has 0 spiro atoms. The minimum absolute atomic E-state index is 0.0425. The van der Waals surface area contributed by atoms with E-state index in [1.54, 1.807) is 37.3 Å². The van der Waals surface area contributed by atoms with Crippen LogP contribution in [-0.4, -0.2) is 28.5 Å². The van der Waals surface area contributed by atoms with Gasteiger partial charge in [0.2, 0.25) is 5.76 Å². The Labute approximate surface area is 114 Å². The van der Waals surface area contributed by atoms with Gasteiger partial charge in [-0.25, -0.2) is 4.79 Å². The number of benzene rings is 1. The maximum atomic E-state index is 11.7. The molecule has 0 aliphatic heterocycles. The topological polar surface area (TPSA) is 102 Å². The highest BCUT2D eigenvalue weighted by Crippen LogP contribution is 2.24. The van der Waals surface area contributed by atoms with Crippen molar-refractivity contribution in [3.05, 3.63) is 47.3 Å². The number of rotatable bonds is 5. The minimum Gasteiger partial charge on any atom is -0.508 e. The van der Waals surface area contributed by atoms with Crippen molar-refractivity contribution >= 4 is 13.3 Å². The fourth-order valence-corrected chi connectivity index (χ4v) is 1.55. The molecule has 7 nitrogen and oxygen atoms in total. The molecule has 2 aromatic rings. The normalized spacial score (nSPS) is 10.2. The molecule has 1 heterocycles. The van der Waals surface area contributed by atoms with Crippen LogP contribution >= 0.6 is 0 Å². The van der Waals surface area contributed by atoms with Crippen molar-refractivity contribution in [2.75, 3.05) is 0 Å². The third kappa shape index (κ3) is 3.37. The van der Waals surface area contributed by atoms with Gasteiger partial charge < -0.3 is 24.0 Å². The van der Waals surface area contributed by atoms with Crippen LogP contribution in [-0.2, 0) is 11.3 Å². The summed E-state index contributed by atoms with van der Waals surface area (Å²) >= 11 is 0. The number of carbonyl (C=O) groups excluding carboxylic acids is 1. The summed E-state index contributed by atoms with van der Waals surface area (Å²) in [6.07, 6.45) is 0. The molecule has 0 bridgehead atoms. The monoisotopic (exact) mass is 277 g/mol. The Morgan fingerprint density at radius 1 is 1.35 bits per heavy atom. The van der Waals surface area contributed by atoms with Crippen molar-refractivity contribution in [2.24, 2.45) is 0 Å². The lowest BCUT2D eigenvalue weighted by molar-refractivity contribution is 0.0434. The predicted octanol–water partition coefficient (Wildman–Crippen LogP) is 0.688. The van der Waals surface area contributed by atoms with Crippen LogP contribution in [0.4, 0.5) is 0 Å². The van der Waals surface area contributed by atoms with Crippen LogP contribution in [0.3, 0.4) is 0 Å². The Bertz CT molecular complexity index is 583. The Kier molecular flexibility index (Phi) is 4.39. The number of nitrogens with zero attached hydrogens (tertiary/aromatic N) is 1. The first-order chi connectivity index (χ1) is 9.58. The Hall–Kier alpha value is -2.32. The smallest absolute Gasteiger partial charge is 0.508 e. The summed E-state index contributed by atoms with van der Waals surface area (Å²) in [5, 5.41) is 21.2. The van der Waals surface area contributed by atoms with Crippen molar-refractivity contribution in [2.45, 2.75) is 13.5 Å². The lowest BCUT2D eigenvalue weighted by Crippen LogP contribution is -2.21. The van der Waals surface area contributed by atoms with E-state index in [4.69, 9.17) is 24.0 Å². The number of aromatic nitrogens is 1. The molecule has 20 heavy (non-hydrogen) atoms. The third-order valence-electron chi connectivity index (χ3n) is 2.44. The maximum absolute atomic E-state index is 11.7. The molecule has 0 fully saturated rings. The first-order valence-corrected chi connectivity index (χ1v) is 5.78. The van der Waals surface area contributed by atoms with Gasteiger partial charge in [-0.1, -0.05) is 23.4 Å². The lowest BCUT2D eigenvalue weighted by Gasteiger charge is -2.06. The van der Waals surface area contributed by atoms with Crippen LogP contribution in [0.5, 0.6) is 5.75 Å². The second-order valence-corrected chi connectivity index (χ2v) is 3.91. The van der Waals surface area contributed by atoms with Gasteiger partial charge in [0.25, 0.3) is 0 Å². The van der Waals surface area contributed by atoms with E-state index < -0.39 is 13.3 Å². The molecule has 104 valence electrons. The SMILES string of the molecule is Cc1noc(COC(=O)c2ccccc2)c1OB(O)O. The molecular formula is C12H12BNO6. The molecule has 0 aliphatic rings. The standard InChI is InChI=1S/C12H12BNO6/c1-8-11(19-13(16)17)10(20-14-8)7-18-12(15)9-5-3-2-4-6-9/h2-6,16-17H,7H2,1H3. The second-order valence-electron chi connectivity index (χ2n) is 3.91. The third-order valence-corrected chi connectivity index (χ3v) is 2.44. The van der Waals surface area contributed by atoms with E-state index in [9.17, 15) is 4.79 Å². The zero-order valence-corrected chi connectivity index (χ0v) is 10.6. The Balaban J connectivity index is 2.03. The molecule has 2 N–H and O–H groups in total. The molecule has 2 rings (SSSR count). The summed E-state index contributed by atoms with van der Waals surface area (Å²) in [4.78, 5) is 11.7. The molecule has 1 aromatic carbocycles. The van der Waals surface area contributed by atoms with Crippen LogP contribution in [0.2, 0.25) is 0 Å². The summed E-state index contributed by atoms with van der Waals surface area (Å²) < 4.78 is 14.7. The van der Waals surface area contributed by atoms with Crippen LogP contribution in [0, 0.1) is 6.92 Å². The highest BCUT2D eigenvalue weighted by Gasteiger charge is 2.22. The van der Waals surface area contributed by atoms with Gasteiger partial charge in [0.15, 0.2) is 12.4 Å². The molecule has 8 heteroatoms. The van der Waals surface area contributed by atoms with Gasteiger partial charge in [-0.3, -0.25) is 0 Å². The molecule has 0 radical (unpaired) electrons. The average molecular weight is 277 g/mol. The molecule has 0 unspecified atom stereocenters. The van der Waals surface area contributed by atoms with Crippen LogP contribution in [0.1, 0.15) is 21.8 Å². The van der Waals surface area contributed by atoms with E-state index in [0.29, 0.717) is 11.3 Å². The van der Waals surface area contributed by atoms with Crippen molar-refractivity contribution in [3.63, 3.8) is 0 Å². The Morgan fingerprint density at radius 3 is 2.70 bits per heavy atom. The molecule has 0 saturated carbocycles. The molecule has 0 atom stereocenters. The number of esters is 1. The van der Waals surface area contributed by atoms with E-state index in [0.717, 1.165) is 0 Å². The van der Waals surface area contributed by atoms with Crippen molar-refractivity contribution < 1.29 is 28.8 Å². The van der Waals surface area contributed by atoms with Gasteiger partial charge in [0, 0.05) is 0 Å². The van der Waals surface area contributed by atoms with E-state index in [1.165, 1.54) is 0 Å². The lowest BCUT2D eigenvalue weighted by atomic mass is 10.2. The fraction of sp³-hybridized carbons (Fsp3) is 0.167. The molecule has 1 aromatic heterocycles. The van der Waals surface area contributed by atoms with Gasteiger partial charge in [-0.05, 0) is 19.1 Å². The van der Waals surface area contributed by atoms with Gasteiger partial charge in [0.05, 0.1) is 5.56 Å². The first-order valence-electron chi connectivity index (χ1n) is 5.78. The largest absolute Gasteiger partial charge is 0.707 e. The number of carbonyl (C=O) groups is 1. The van der Waals surface area contributed by atoms with Crippen LogP contribution < -0.4 is 4.65 Å². The number of ether oxygens (including phenoxy) is 1. The molecule has 0 amide bonds. The van der Waals surface area contributed by atoms with Crippen molar-refractivity contribution in [3.8, 4) is 5.75 Å². The second kappa shape index (κ2) is 6.22. The highest BCUT2D eigenvalue weighted by atomic mass is 16.6. The molecular weight excluding hydrogens is 265 g/mol. The molecule has 0 aliphatic carbocycles. The van der Waals surface area contributed by atoms with Crippen LogP contribution in [0.25, 0.3) is 0 Å². The molecule has 0 saturated heterocycles.